The summed E-state index contributed by atoms with van der Waals surface area (Å²) < 4.78 is 73.8. The van der Waals surface area contributed by atoms with E-state index in [-0.39, 0.29) is 19.6 Å². The molecule has 1 fully saturated rings. The Morgan fingerprint density at radius 3 is 2.27 bits per heavy atom. The van der Waals surface area contributed by atoms with Crippen LogP contribution in [0.3, 0.4) is 0 Å². The Labute approximate surface area is 236 Å². The molecule has 0 saturated carbocycles. The van der Waals surface area contributed by atoms with E-state index < -0.39 is 21.9 Å². The van der Waals surface area contributed by atoms with Gasteiger partial charge in [-0.05, 0) is 36.4 Å². The van der Waals surface area contributed by atoms with Gasteiger partial charge in [-0.15, -0.1) is 0 Å². The number of pyridine rings is 1. The molecule has 0 amide bonds. The number of piperazine rings is 1. The molecule has 0 bridgehead atoms. The van der Waals surface area contributed by atoms with Crippen molar-refractivity contribution in [2.45, 2.75) is 12.6 Å². The number of imidazole rings is 1. The van der Waals surface area contributed by atoms with Gasteiger partial charge >= 0.3 is 6.18 Å². The normalized spacial score (nSPS) is 14.8. The van der Waals surface area contributed by atoms with Crippen LogP contribution in [0.25, 0.3) is 22.6 Å². The largest absolute Gasteiger partial charge is 0.497 e. The highest BCUT2D eigenvalue weighted by Gasteiger charge is 2.32. The number of nitrogens with zero attached hydrogens (tertiary/aromatic N) is 4. The molecule has 2 aromatic carbocycles. The molecule has 216 valence electrons. The molecule has 1 aliphatic rings. The van der Waals surface area contributed by atoms with Crippen LogP contribution in [0, 0.1) is 0 Å². The van der Waals surface area contributed by atoms with E-state index in [9.17, 15) is 21.6 Å². The molecule has 9 nitrogen and oxygen atoms in total. The molecular formula is C28H29F3N6O3S. The first-order valence-corrected chi connectivity index (χ1v) is 14.4. The summed E-state index contributed by atoms with van der Waals surface area (Å²) in [5, 5.41) is 0. The van der Waals surface area contributed by atoms with Gasteiger partial charge in [0.1, 0.15) is 17.4 Å². The van der Waals surface area contributed by atoms with E-state index in [4.69, 9.17) is 9.72 Å². The lowest BCUT2D eigenvalue weighted by molar-refractivity contribution is -0.137. The molecule has 13 heteroatoms. The predicted molar refractivity (Wildman–Crippen MR) is 150 cm³/mol. The number of H-pyrrole nitrogens is 1. The summed E-state index contributed by atoms with van der Waals surface area (Å²) in [7, 11) is -2.19. The molecule has 2 aromatic heterocycles. The number of methoxy groups -OCH3 is 1. The first-order valence-electron chi connectivity index (χ1n) is 13.0. The zero-order valence-corrected chi connectivity index (χ0v) is 23.0. The third-order valence-electron chi connectivity index (χ3n) is 6.83. The van der Waals surface area contributed by atoms with Crippen LogP contribution >= 0.6 is 0 Å². The van der Waals surface area contributed by atoms with E-state index in [1.165, 1.54) is 10.4 Å². The van der Waals surface area contributed by atoms with Gasteiger partial charge in [-0.1, -0.05) is 30.3 Å². The number of ether oxygens (including phenoxy) is 1. The van der Waals surface area contributed by atoms with Gasteiger partial charge in [-0.2, -0.15) is 25.9 Å². The van der Waals surface area contributed by atoms with Crippen molar-refractivity contribution < 1.29 is 26.3 Å². The standard InChI is InChI=1S/C28H29F3N6O3S/c1-40-23-10-7-20(8-11-23)26-24(34-27(35-26)21-5-3-2-4-6-21)13-14-33-41(38,39)37-17-15-36(16-18-37)25-12-9-22(19-32-25)28(29,30)31/h2-12,19,33H,13-18H2,1H3,(H,34,35). The lowest BCUT2D eigenvalue weighted by Gasteiger charge is -2.34. The van der Waals surface area contributed by atoms with Crippen molar-refractivity contribution in [3.8, 4) is 28.4 Å². The minimum Gasteiger partial charge on any atom is -0.497 e. The van der Waals surface area contributed by atoms with E-state index in [1.54, 1.807) is 12.0 Å². The molecule has 0 atom stereocenters. The fourth-order valence-electron chi connectivity index (χ4n) is 4.61. The highest BCUT2D eigenvalue weighted by molar-refractivity contribution is 7.87. The van der Waals surface area contributed by atoms with Gasteiger partial charge in [0.25, 0.3) is 10.2 Å². The lowest BCUT2D eigenvalue weighted by atomic mass is 10.1. The van der Waals surface area contributed by atoms with E-state index in [0.717, 1.165) is 40.5 Å². The molecule has 0 aliphatic carbocycles. The van der Waals surface area contributed by atoms with E-state index in [2.05, 4.69) is 14.7 Å². The lowest BCUT2D eigenvalue weighted by Crippen LogP contribution is -2.52. The zero-order valence-electron chi connectivity index (χ0n) is 22.2. The minimum atomic E-state index is -4.46. The van der Waals surface area contributed by atoms with Gasteiger partial charge in [0.2, 0.25) is 0 Å². The third kappa shape index (κ3) is 6.69. The van der Waals surface area contributed by atoms with Gasteiger partial charge in [-0.25, -0.2) is 14.7 Å². The summed E-state index contributed by atoms with van der Waals surface area (Å²) in [4.78, 5) is 13.8. The summed E-state index contributed by atoms with van der Waals surface area (Å²) in [6.45, 7) is 1.10. The Bertz CT molecular complexity index is 1550. The van der Waals surface area contributed by atoms with Crippen LogP contribution in [0.15, 0.2) is 72.9 Å². The molecule has 0 unspecified atom stereocenters. The van der Waals surface area contributed by atoms with E-state index in [0.29, 0.717) is 31.2 Å². The second-order valence-corrected chi connectivity index (χ2v) is 11.2. The fraction of sp³-hybridized carbons (Fsp3) is 0.286. The maximum atomic E-state index is 13.0. The van der Waals surface area contributed by atoms with Crippen molar-refractivity contribution in [1.29, 1.82) is 0 Å². The first kappa shape index (κ1) is 28.6. The van der Waals surface area contributed by atoms with Crippen molar-refractivity contribution in [2.24, 2.45) is 0 Å². The average Bonchev–Trinajstić information content (AvgIpc) is 3.41. The van der Waals surface area contributed by atoms with Crippen LogP contribution in [0.5, 0.6) is 5.75 Å². The molecule has 1 aliphatic heterocycles. The number of nitrogens with one attached hydrogen (secondary N) is 2. The number of hydrogen-bond donors (Lipinski definition) is 2. The maximum Gasteiger partial charge on any atom is 0.417 e. The molecule has 4 aromatic rings. The van der Waals surface area contributed by atoms with Crippen LogP contribution in [-0.4, -0.2) is 67.5 Å². The Balaban J connectivity index is 1.23. The molecule has 0 radical (unpaired) electrons. The Morgan fingerprint density at radius 1 is 0.951 bits per heavy atom. The fourth-order valence-corrected chi connectivity index (χ4v) is 5.79. The van der Waals surface area contributed by atoms with Crippen LogP contribution in [0.4, 0.5) is 19.0 Å². The topological polar surface area (TPSA) is 103 Å². The Kier molecular flexibility index (Phi) is 8.29. The summed E-state index contributed by atoms with van der Waals surface area (Å²) in [6.07, 6.45) is -3.32. The van der Waals surface area contributed by atoms with Crippen LogP contribution in [-0.2, 0) is 22.8 Å². The van der Waals surface area contributed by atoms with Crippen molar-refractivity contribution in [3.05, 3.63) is 84.2 Å². The number of halogens is 3. The molecule has 2 N–H and O–H groups in total. The SMILES string of the molecule is COc1ccc(-c2[nH]c(-c3ccccc3)nc2CCNS(=O)(=O)N2CCN(c3ccc(C(F)(F)F)cn3)CC2)cc1. The van der Waals surface area contributed by atoms with Crippen LogP contribution in [0.2, 0.25) is 0 Å². The predicted octanol–water partition coefficient (Wildman–Crippen LogP) is 4.37. The number of rotatable bonds is 9. The average molecular weight is 587 g/mol. The highest BCUT2D eigenvalue weighted by atomic mass is 32.2. The summed E-state index contributed by atoms with van der Waals surface area (Å²) in [5.74, 6) is 1.78. The quantitative estimate of drug-likeness (QED) is 0.302. The number of alkyl halides is 3. The molecule has 41 heavy (non-hydrogen) atoms. The van der Waals surface area contributed by atoms with Crippen LogP contribution < -0.4 is 14.4 Å². The summed E-state index contributed by atoms with van der Waals surface area (Å²) in [5.41, 5.74) is 2.49. The summed E-state index contributed by atoms with van der Waals surface area (Å²) >= 11 is 0. The molecule has 0 spiro atoms. The van der Waals surface area contributed by atoms with Crippen molar-refractivity contribution in [1.82, 2.24) is 24.0 Å². The first-order chi connectivity index (χ1) is 19.6. The second kappa shape index (κ2) is 11.9. The highest BCUT2D eigenvalue weighted by Crippen LogP contribution is 2.30. The third-order valence-corrected chi connectivity index (χ3v) is 8.44. The van der Waals surface area contributed by atoms with Gasteiger partial charge in [0, 0.05) is 56.5 Å². The molecule has 1 saturated heterocycles. The minimum absolute atomic E-state index is 0.130. The Morgan fingerprint density at radius 2 is 1.66 bits per heavy atom. The number of benzene rings is 2. The smallest absolute Gasteiger partial charge is 0.417 e. The Hall–Kier alpha value is -3.94. The summed E-state index contributed by atoms with van der Waals surface area (Å²) in [6, 6.07) is 19.5. The van der Waals surface area contributed by atoms with Crippen molar-refractivity contribution in [3.63, 3.8) is 0 Å². The zero-order chi connectivity index (χ0) is 29.0. The molecule has 5 rings (SSSR count). The monoisotopic (exact) mass is 586 g/mol. The van der Waals surface area contributed by atoms with Crippen molar-refractivity contribution in [2.75, 3.05) is 44.7 Å². The number of aromatic nitrogens is 3. The van der Waals surface area contributed by atoms with Gasteiger partial charge in [-0.3, -0.25) is 0 Å². The molecule has 3 heterocycles. The number of anilines is 1. The van der Waals surface area contributed by atoms with E-state index in [1.807, 2.05) is 54.6 Å². The maximum absolute atomic E-state index is 13.0. The second-order valence-electron chi connectivity index (χ2n) is 9.44. The number of hydrogen-bond acceptors (Lipinski definition) is 6. The van der Waals surface area contributed by atoms with Gasteiger partial charge in [0.15, 0.2) is 0 Å². The van der Waals surface area contributed by atoms with Gasteiger partial charge < -0.3 is 14.6 Å². The van der Waals surface area contributed by atoms with Crippen LogP contribution in [0.1, 0.15) is 11.3 Å². The number of aromatic amines is 1. The van der Waals surface area contributed by atoms with E-state index >= 15 is 0 Å². The van der Waals surface area contributed by atoms with Gasteiger partial charge in [0.05, 0.1) is 24.1 Å². The molecular weight excluding hydrogens is 557 g/mol. The van der Waals surface area contributed by atoms with Crippen molar-refractivity contribution >= 4 is 16.0 Å².